The molecule has 0 amide bonds. The Kier molecular flexibility index (Phi) is 3.13. The summed E-state index contributed by atoms with van der Waals surface area (Å²) in [5.41, 5.74) is 4.69. The van der Waals surface area contributed by atoms with Crippen molar-refractivity contribution in [3.05, 3.63) is 38.8 Å². The predicted octanol–water partition coefficient (Wildman–Crippen LogP) is 5.25. The monoisotopic (exact) mass is 338 g/mol. The highest BCUT2D eigenvalue weighted by Crippen LogP contribution is 2.37. The average molecular weight is 339 g/mol. The zero-order valence-electron chi connectivity index (χ0n) is 9.95. The van der Waals surface area contributed by atoms with Crippen LogP contribution >= 0.6 is 38.6 Å². The minimum absolute atomic E-state index is 0.782. The third-order valence-electron chi connectivity index (χ3n) is 2.62. The Bertz CT molecular complexity index is 636. The van der Waals surface area contributed by atoms with Crippen molar-refractivity contribution >= 4 is 38.6 Å². The summed E-state index contributed by atoms with van der Waals surface area (Å²) in [4.78, 5) is 10.3. The van der Waals surface area contributed by atoms with Crippen LogP contribution in [0.15, 0.2) is 27.6 Å². The van der Waals surface area contributed by atoms with Gasteiger partial charge in [0.05, 0.1) is 15.4 Å². The van der Waals surface area contributed by atoms with Crippen molar-refractivity contribution < 1.29 is 0 Å². The van der Waals surface area contributed by atoms with Crippen LogP contribution in [-0.4, -0.2) is 9.97 Å². The van der Waals surface area contributed by atoms with E-state index in [4.69, 9.17) is 0 Å². The number of aromatic nitrogens is 2. The second kappa shape index (κ2) is 4.64. The molecule has 3 aromatic rings. The molecule has 1 N–H and O–H groups in total. The number of halogens is 1. The molecule has 0 saturated carbocycles. The SMILES string of the molecule is Cc1csc(-c2nc(Br)[nH]c2-c2cc(C)cs2)c1. The highest BCUT2D eigenvalue weighted by Gasteiger charge is 2.15. The fourth-order valence-corrected chi connectivity index (χ4v) is 3.99. The maximum Gasteiger partial charge on any atom is 0.175 e. The summed E-state index contributed by atoms with van der Waals surface area (Å²) in [6.07, 6.45) is 0. The number of nitrogens with one attached hydrogen (secondary N) is 1. The van der Waals surface area contributed by atoms with Crippen LogP contribution in [0.5, 0.6) is 0 Å². The first-order valence-corrected chi connectivity index (χ1v) is 8.05. The number of H-pyrrole nitrogens is 1. The Morgan fingerprint density at radius 2 is 1.67 bits per heavy atom. The van der Waals surface area contributed by atoms with Gasteiger partial charge in [0, 0.05) is 0 Å². The minimum Gasteiger partial charge on any atom is -0.331 e. The molecule has 0 fully saturated rings. The van der Waals surface area contributed by atoms with Gasteiger partial charge >= 0.3 is 0 Å². The molecule has 0 radical (unpaired) electrons. The van der Waals surface area contributed by atoms with Crippen LogP contribution in [0.3, 0.4) is 0 Å². The molecule has 0 aliphatic heterocycles. The first kappa shape index (κ1) is 12.1. The maximum absolute atomic E-state index is 4.56. The van der Waals surface area contributed by atoms with E-state index in [2.05, 4.69) is 62.6 Å². The van der Waals surface area contributed by atoms with E-state index in [0.717, 1.165) is 16.1 Å². The number of imidazole rings is 1. The second-order valence-electron chi connectivity index (χ2n) is 4.23. The largest absolute Gasteiger partial charge is 0.331 e. The number of rotatable bonds is 2. The molecule has 3 aromatic heterocycles. The minimum atomic E-state index is 0.782. The van der Waals surface area contributed by atoms with Gasteiger partial charge in [-0.15, -0.1) is 22.7 Å². The molecule has 0 aromatic carbocycles. The second-order valence-corrected chi connectivity index (χ2v) is 6.80. The fraction of sp³-hybridized carbons (Fsp3) is 0.154. The zero-order valence-corrected chi connectivity index (χ0v) is 13.2. The van der Waals surface area contributed by atoms with Gasteiger partial charge in [-0.25, -0.2) is 4.98 Å². The number of hydrogen-bond acceptors (Lipinski definition) is 3. The van der Waals surface area contributed by atoms with Crippen molar-refractivity contribution in [1.29, 1.82) is 0 Å². The smallest absolute Gasteiger partial charge is 0.175 e. The molecule has 0 saturated heterocycles. The van der Waals surface area contributed by atoms with Gasteiger partial charge in [-0.3, -0.25) is 0 Å². The van der Waals surface area contributed by atoms with Crippen molar-refractivity contribution in [2.24, 2.45) is 0 Å². The van der Waals surface area contributed by atoms with E-state index in [1.54, 1.807) is 22.7 Å². The molecule has 92 valence electrons. The van der Waals surface area contributed by atoms with E-state index in [-0.39, 0.29) is 0 Å². The highest BCUT2D eigenvalue weighted by atomic mass is 79.9. The number of nitrogens with zero attached hydrogens (tertiary/aromatic N) is 1. The number of aromatic amines is 1. The van der Waals surface area contributed by atoms with Gasteiger partial charge in [-0.05, 0) is 63.8 Å². The molecule has 5 heteroatoms. The zero-order chi connectivity index (χ0) is 12.7. The van der Waals surface area contributed by atoms with Gasteiger partial charge in [0.15, 0.2) is 4.73 Å². The van der Waals surface area contributed by atoms with Crippen molar-refractivity contribution in [2.45, 2.75) is 13.8 Å². The van der Waals surface area contributed by atoms with E-state index in [0.29, 0.717) is 0 Å². The van der Waals surface area contributed by atoms with Crippen LogP contribution in [0.1, 0.15) is 11.1 Å². The molecular weight excluding hydrogens is 328 g/mol. The molecule has 0 aliphatic carbocycles. The lowest BCUT2D eigenvalue weighted by Gasteiger charge is -1.96. The standard InChI is InChI=1S/C13H11BrN2S2/c1-7-3-9(17-5-7)11-12(16-13(14)15-11)10-4-8(2)6-18-10/h3-6H,1-2H3,(H,15,16). The van der Waals surface area contributed by atoms with Crippen molar-refractivity contribution in [1.82, 2.24) is 9.97 Å². The summed E-state index contributed by atoms with van der Waals surface area (Å²) in [6, 6.07) is 4.37. The van der Waals surface area contributed by atoms with Gasteiger partial charge in [0.25, 0.3) is 0 Å². The van der Waals surface area contributed by atoms with Crippen LogP contribution in [0, 0.1) is 13.8 Å². The first-order chi connectivity index (χ1) is 8.63. The number of aryl methyl sites for hydroxylation is 2. The summed E-state index contributed by atoms with van der Waals surface area (Å²) in [5.74, 6) is 0. The third-order valence-corrected chi connectivity index (χ3v) is 5.11. The summed E-state index contributed by atoms with van der Waals surface area (Å²) in [5, 5.41) is 4.31. The maximum atomic E-state index is 4.56. The average Bonchev–Trinajstić information content (AvgIpc) is 2.98. The lowest BCUT2D eigenvalue weighted by molar-refractivity contribution is 1.24. The van der Waals surface area contributed by atoms with Crippen molar-refractivity contribution in [3.8, 4) is 21.1 Å². The van der Waals surface area contributed by atoms with E-state index in [9.17, 15) is 0 Å². The Morgan fingerprint density at radius 1 is 1.06 bits per heavy atom. The van der Waals surface area contributed by atoms with E-state index in [1.807, 2.05) is 0 Å². The van der Waals surface area contributed by atoms with Crippen molar-refractivity contribution in [2.75, 3.05) is 0 Å². The summed E-state index contributed by atoms with van der Waals surface area (Å²) >= 11 is 6.91. The number of hydrogen-bond donors (Lipinski definition) is 1. The third kappa shape index (κ3) is 2.18. The molecule has 0 bridgehead atoms. The van der Waals surface area contributed by atoms with Crippen LogP contribution in [0.2, 0.25) is 0 Å². The summed E-state index contributed by atoms with van der Waals surface area (Å²) in [7, 11) is 0. The molecule has 2 nitrogen and oxygen atoms in total. The van der Waals surface area contributed by atoms with Crippen LogP contribution in [0.4, 0.5) is 0 Å². The molecular formula is C13H11BrN2S2. The lowest BCUT2D eigenvalue weighted by Crippen LogP contribution is -1.77. The summed E-state index contributed by atoms with van der Waals surface area (Å²) < 4.78 is 0.782. The molecule has 18 heavy (non-hydrogen) atoms. The van der Waals surface area contributed by atoms with Gasteiger partial charge in [0.2, 0.25) is 0 Å². The van der Waals surface area contributed by atoms with Gasteiger partial charge < -0.3 is 4.98 Å². The van der Waals surface area contributed by atoms with E-state index in [1.165, 1.54) is 20.9 Å². The molecule has 0 spiro atoms. The molecule has 3 heterocycles. The first-order valence-electron chi connectivity index (χ1n) is 5.50. The quantitative estimate of drug-likeness (QED) is 0.679. The molecule has 3 rings (SSSR count). The van der Waals surface area contributed by atoms with Gasteiger partial charge in [-0.1, -0.05) is 0 Å². The Labute approximate surface area is 122 Å². The van der Waals surface area contributed by atoms with E-state index >= 15 is 0 Å². The Morgan fingerprint density at radius 3 is 2.22 bits per heavy atom. The van der Waals surface area contributed by atoms with Crippen LogP contribution < -0.4 is 0 Å². The Hall–Kier alpha value is -0.910. The normalized spacial score (nSPS) is 11.1. The van der Waals surface area contributed by atoms with Crippen LogP contribution in [-0.2, 0) is 0 Å². The van der Waals surface area contributed by atoms with Gasteiger partial charge in [-0.2, -0.15) is 0 Å². The fourth-order valence-electron chi connectivity index (χ4n) is 1.82. The Balaban J connectivity index is 2.16. The lowest BCUT2D eigenvalue weighted by atomic mass is 10.2. The molecule has 0 aliphatic rings. The molecule has 0 atom stereocenters. The van der Waals surface area contributed by atoms with Crippen LogP contribution in [0.25, 0.3) is 21.1 Å². The number of thiophene rings is 2. The van der Waals surface area contributed by atoms with Gasteiger partial charge in [0.1, 0.15) is 5.69 Å². The molecule has 0 unspecified atom stereocenters. The predicted molar refractivity (Wildman–Crippen MR) is 82.4 cm³/mol. The summed E-state index contributed by atoms with van der Waals surface area (Å²) in [6.45, 7) is 4.22. The highest BCUT2D eigenvalue weighted by molar-refractivity contribution is 9.10. The topological polar surface area (TPSA) is 28.7 Å². The van der Waals surface area contributed by atoms with E-state index < -0.39 is 0 Å². The van der Waals surface area contributed by atoms with Crippen molar-refractivity contribution in [3.63, 3.8) is 0 Å².